The molecule has 2 rings (SSSR count). The standard InChI is InChI=1S/C15H23ClN2O/c1-11(17)14(12-4-6-13(16)7-5-12)18-8-9-19-10-15(18,2)3/h4-7,11,14H,8-10,17H2,1-3H3. The van der Waals surface area contributed by atoms with E-state index in [-0.39, 0.29) is 17.6 Å². The van der Waals surface area contributed by atoms with E-state index in [4.69, 9.17) is 22.1 Å². The lowest BCUT2D eigenvalue weighted by atomic mass is 9.92. The van der Waals surface area contributed by atoms with Crippen molar-refractivity contribution in [2.45, 2.75) is 38.4 Å². The van der Waals surface area contributed by atoms with E-state index in [1.165, 1.54) is 5.56 Å². The van der Waals surface area contributed by atoms with Crippen LogP contribution in [-0.2, 0) is 4.74 Å². The number of morpholine rings is 1. The van der Waals surface area contributed by atoms with Crippen LogP contribution in [0.15, 0.2) is 24.3 Å². The van der Waals surface area contributed by atoms with Gasteiger partial charge in [-0.3, -0.25) is 4.90 Å². The lowest BCUT2D eigenvalue weighted by Crippen LogP contribution is -2.57. The first-order valence-corrected chi connectivity index (χ1v) is 7.15. The van der Waals surface area contributed by atoms with Gasteiger partial charge in [0.1, 0.15) is 0 Å². The van der Waals surface area contributed by atoms with E-state index < -0.39 is 0 Å². The maximum atomic E-state index is 6.24. The normalized spacial score (nSPS) is 23.0. The van der Waals surface area contributed by atoms with Gasteiger partial charge >= 0.3 is 0 Å². The number of ether oxygens (including phenoxy) is 1. The molecule has 1 aliphatic heterocycles. The molecular weight excluding hydrogens is 260 g/mol. The van der Waals surface area contributed by atoms with Gasteiger partial charge in [0.15, 0.2) is 0 Å². The van der Waals surface area contributed by atoms with Crippen LogP contribution in [0.5, 0.6) is 0 Å². The zero-order valence-corrected chi connectivity index (χ0v) is 12.7. The molecule has 2 atom stereocenters. The minimum absolute atomic E-state index is 0.00379. The Labute approximate surface area is 120 Å². The molecule has 1 aromatic carbocycles. The van der Waals surface area contributed by atoms with Crippen LogP contribution in [0, 0.1) is 0 Å². The highest BCUT2D eigenvalue weighted by molar-refractivity contribution is 6.30. The molecule has 19 heavy (non-hydrogen) atoms. The molecule has 1 heterocycles. The summed E-state index contributed by atoms with van der Waals surface area (Å²) in [7, 11) is 0. The highest BCUT2D eigenvalue weighted by Gasteiger charge is 2.37. The summed E-state index contributed by atoms with van der Waals surface area (Å²) in [6.07, 6.45) is 0. The lowest BCUT2D eigenvalue weighted by molar-refractivity contribution is -0.0765. The minimum atomic E-state index is -0.00379. The Morgan fingerprint density at radius 3 is 2.47 bits per heavy atom. The molecule has 1 fully saturated rings. The van der Waals surface area contributed by atoms with Gasteiger partial charge in [0.05, 0.1) is 19.3 Å². The fraction of sp³-hybridized carbons (Fsp3) is 0.600. The molecule has 4 heteroatoms. The summed E-state index contributed by atoms with van der Waals surface area (Å²) in [5.74, 6) is 0. The summed E-state index contributed by atoms with van der Waals surface area (Å²) in [5.41, 5.74) is 7.46. The van der Waals surface area contributed by atoms with Crippen molar-refractivity contribution in [3.05, 3.63) is 34.9 Å². The van der Waals surface area contributed by atoms with Gasteiger partial charge in [-0.25, -0.2) is 0 Å². The van der Waals surface area contributed by atoms with Crippen LogP contribution < -0.4 is 5.73 Å². The number of nitrogens with zero attached hydrogens (tertiary/aromatic N) is 1. The molecule has 3 nitrogen and oxygen atoms in total. The molecular formula is C15H23ClN2O. The van der Waals surface area contributed by atoms with Crippen molar-refractivity contribution < 1.29 is 4.74 Å². The molecule has 2 unspecified atom stereocenters. The highest BCUT2D eigenvalue weighted by atomic mass is 35.5. The minimum Gasteiger partial charge on any atom is -0.378 e. The van der Waals surface area contributed by atoms with Crippen LogP contribution in [0.1, 0.15) is 32.4 Å². The number of benzene rings is 1. The van der Waals surface area contributed by atoms with Gasteiger partial charge in [0, 0.05) is 23.1 Å². The third-order valence-corrected chi connectivity index (χ3v) is 4.01. The predicted octanol–water partition coefficient (Wildman–Crippen LogP) is 2.84. The van der Waals surface area contributed by atoms with Gasteiger partial charge in [-0.1, -0.05) is 23.7 Å². The number of hydrogen-bond acceptors (Lipinski definition) is 3. The lowest BCUT2D eigenvalue weighted by Gasteiger charge is -2.48. The van der Waals surface area contributed by atoms with Crippen LogP contribution in [-0.4, -0.2) is 36.2 Å². The molecule has 0 amide bonds. The summed E-state index contributed by atoms with van der Waals surface area (Å²) in [6.45, 7) is 8.88. The number of nitrogens with two attached hydrogens (primary N) is 1. The Bertz CT molecular complexity index is 417. The average molecular weight is 283 g/mol. The molecule has 0 radical (unpaired) electrons. The Morgan fingerprint density at radius 2 is 1.95 bits per heavy atom. The fourth-order valence-corrected chi connectivity index (χ4v) is 2.94. The largest absolute Gasteiger partial charge is 0.378 e. The Balaban J connectivity index is 2.31. The van der Waals surface area contributed by atoms with E-state index in [9.17, 15) is 0 Å². The third kappa shape index (κ3) is 3.29. The van der Waals surface area contributed by atoms with Crippen LogP contribution in [0.2, 0.25) is 5.02 Å². The van der Waals surface area contributed by atoms with Crippen molar-refractivity contribution >= 4 is 11.6 Å². The van der Waals surface area contributed by atoms with Crippen LogP contribution in [0.25, 0.3) is 0 Å². The van der Waals surface area contributed by atoms with Crippen molar-refractivity contribution in [2.75, 3.05) is 19.8 Å². The SMILES string of the molecule is CC(N)C(c1ccc(Cl)cc1)N1CCOCC1(C)C. The van der Waals surface area contributed by atoms with E-state index in [2.05, 4.69) is 37.8 Å². The first kappa shape index (κ1) is 14.8. The van der Waals surface area contributed by atoms with Gasteiger partial charge in [0.2, 0.25) is 0 Å². The molecule has 0 spiro atoms. The monoisotopic (exact) mass is 282 g/mol. The molecule has 2 N–H and O–H groups in total. The third-order valence-electron chi connectivity index (χ3n) is 3.75. The van der Waals surface area contributed by atoms with Gasteiger partial charge in [-0.2, -0.15) is 0 Å². The van der Waals surface area contributed by atoms with E-state index in [1.54, 1.807) is 0 Å². The summed E-state index contributed by atoms with van der Waals surface area (Å²) in [6, 6.07) is 8.25. The fourth-order valence-electron chi connectivity index (χ4n) is 2.81. The second-order valence-electron chi connectivity index (χ2n) is 5.91. The molecule has 1 aliphatic rings. The summed E-state index contributed by atoms with van der Waals surface area (Å²) in [4.78, 5) is 2.45. The number of rotatable bonds is 3. The van der Waals surface area contributed by atoms with Crippen molar-refractivity contribution in [3.8, 4) is 0 Å². The molecule has 0 saturated carbocycles. The van der Waals surface area contributed by atoms with E-state index in [0.29, 0.717) is 0 Å². The molecule has 1 saturated heterocycles. The van der Waals surface area contributed by atoms with E-state index >= 15 is 0 Å². The van der Waals surface area contributed by atoms with Crippen molar-refractivity contribution in [1.29, 1.82) is 0 Å². The van der Waals surface area contributed by atoms with Crippen molar-refractivity contribution in [3.63, 3.8) is 0 Å². The molecule has 1 aromatic rings. The smallest absolute Gasteiger partial charge is 0.0645 e. The molecule has 106 valence electrons. The Morgan fingerprint density at radius 1 is 1.32 bits per heavy atom. The molecule has 0 bridgehead atoms. The van der Waals surface area contributed by atoms with Crippen LogP contribution in [0.4, 0.5) is 0 Å². The van der Waals surface area contributed by atoms with Gasteiger partial charge in [0.25, 0.3) is 0 Å². The maximum Gasteiger partial charge on any atom is 0.0645 e. The van der Waals surface area contributed by atoms with Crippen LogP contribution >= 0.6 is 11.6 Å². The van der Waals surface area contributed by atoms with Crippen LogP contribution in [0.3, 0.4) is 0 Å². The quantitative estimate of drug-likeness (QED) is 0.926. The van der Waals surface area contributed by atoms with E-state index in [0.717, 1.165) is 24.8 Å². The first-order chi connectivity index (χ1) is 8.92. The topological polar surface area (TPSA) is 38.5 Å². The van der Waals surface area contributed by atoms with Gasteiger partial charge < -0.3 is 10.5 Å². The molecule has 0 aromatic heterocycles. The maximum absolute atomic E-state index is 6.24. The zero-order chi connectivity index (χ0) is 14.0. The van der Waals surface area contributed by atoms with Crippen molar-refractivity contribution in [2.24, 2.45) is 5.73 Å². The average Bonchev–Trinajstić information content (AvgIpc) is 2.33. The number of hydrogen-bond donors (Lipinski definition) is 1. The van der Waals surface area contributed by atoms with E-state index in [1.807, 2.05) is 12.1 Å². The van der Waals surface area contributed by atoms with Gasteiger partial charge in [-0.15, -0.1) is 0 Å². The van der Waals surface area contributed by atoms with Crippen molar-refractivity contribution in [1.82, 2.24) is 4.90 Å². The first-order valence-electron chi connectivity index (χ1n) is 6.77. The zero-order valence-electron chi connectivity index (χ0n) is 11.9. The summed E-state index contributed by atoms with van der Waals surface area (Å²) < 4.78 is 5.60. The summed E-state index contributed by atoms with van der Waals surface area (Å²) in [5, 5.41) is 0.758. The molecule has 0 aliphatic carbocycles. The predicted molar refractivity (Wildman–Crippen MR) is 79.4 cm³/mol. The Kier molecular flexibility index (Phi) is 4.51. The second kappa shape index (κ2) is 5.80. The summed E-state index contributed by atoms with van der Waals surface area (Å²) >= 11 is 5.97. The number of halogens is 1. The highest BCUT2D eigenvalue weighted by Crippen LogP contribution is 2.32. The second-order valence-corrected chi connectivity index (χ2v) is 6.35. The Hall–Kier alpha value is -0.610. The van der Waals surface area contributed by atoms with Gasteiger partial charge in [-0.05, 0) is 38.5 Å².